The largest absolute Gasteiger partial charge is 0.297 e. The molecule has 0 radical (unpaired) electrons. The van der Waals surface area contributed by atoms with Crippen LogP contribution in [0.5, 0.6) is 0 Å². The van der Waals surface area contributed by atoms with Gasteiger partial charge in [-0.05, 0) is 29.1 Å². The molecule has 1 nitrogen and oxygen atoms in total. The zero-order valence-corrected chi connectivity index (χ0v) is 8.65. The first-order valence-corrected chi connectivity index (χ1v) is 5.19. The van der Waals surface area contributed by atoms with Crippen molar-refractivity contribution in [3.05, 3.63) is 45.9 Å². The third kappa shape index (κ3) is 1.74. The maximum absolute atomic E-state index is 13.4. The highest BCUT2D eigenvalue weighted by atomic mass is 32.1. The van der Waals surface area contributed by atoms with Crippen LogP contribution >= 0.6 is 11.3 Å². The molecule has 0 aliphatic carbocycles. The molecule has 1 aromatic carbocycles. The molecule has 2 rings (SSSR count). The van der Waals surface area contributed by atoms with Crippen molar-refractivity contribution in [3.63, 3.8) is 0 Å². The number of benzene rings is 1. The third-order valence-corrected chi connectivity index (χ3v) is 2.94. The van der Waals surface area contributed by atoms with E-state index in [0.717, 1.165) is 23.5 Å². The number of rotatable bonds is 2. The van der Waals surface area contributed by atoms with Gasteiger partial charge in [-0.2, -0.15) is 0 Å². The molecule has 5 heteroatoms. The second kappa shape index (κ2) is 4.09. The Morgan fingerprint density at radius 1 is 1.12 bits per heavy atom. The molecule has 0 unspecified atom stereocenters. The van der Waals surface area contributed by atoms with E-state index in [1.807, 2.05) is 0 Å². The van der Waals surface area contributed by atoms with Crippen LogP contribution in [0.1, 0.15) is 9.67 Å². The number of hydrogen-bond acceptors (Lipinski definition) is 2. The molecule has 0 N–H and O–H groups in total. The zero-order chi connectivity index (χ0) is 11.7. The molecule has 0 aliphatic rings. The highest BCUT2D eigenvalue weighted by Crippen LogP contribution is 2.29. The number of hydrogen-bond donors (Lipinski definition) is 0. The molecule has 0 spiro atoms. The summed E-state index contributed by atoms with van der Waals surface area (Å²) in [5, 5.41) is 1.51. The van der Waals surface area contributed by atoms with Crippen LogP contribution in [0.15, 0.2) is 23.6 Å². The van der Waals surface area contributed by atoms with Crippen LogP contribution in [-0.2, 0) is 0 Å². The summed E-state index contributed by atoms with van der Waals surface area (Å²) < 4.78 is 39.0. The van der Waals surface area contributed by atoms with Crippen LogP contribution in [0.2, 0.25) is 0 Å². The molecule has 0 fully saturated rings. The summed E-state index contributed by atoms with van der Waals surface area (Å²) in [6.45, 7) is 0. The van der Waals surface area contributed by atoms with Crippen molar-refractivity contribution in [3.8, 4) is 11.1 Å². The normalized spacial score (nSPS) is 10.4. The molecule has 1 aromatic heterocycles. The topological polar surface area (TPSA) is 17.1 Å². The van der Waals surface area contributed by atoms with Gasteiger partial charge >= 0.3 is 0 Å². The summed E-state index contributed by atoms with van der Waals surface area (Å²) in [5.74, 6) is -3.97. The number of thiophene rings is 1. The smallest absolute Gasteiger partial charge is 0.195 e. The molecule has 0 atom stereocenters. The van der Waals surface area contributed by atoms with Crippen molar-refractivity contribution < 1.29 is 18.0 Å². The predicted molar refractivity (Wildman–Crippen MR) is 55.0 cm³/mol. The SMILES string of the molecule is O=Cc1cc(-c2ccc(F)c(F)c2F)cs1. The Labute approximate surface area is 93.2 Å². The van der Waals surface area contributed by atoms with Gasteiger partial charge in [-0.25, -0.2) is 13.2 Å². The third-order valence-electron chi connectivity index (χ3n) is 2.08. The van der Waals surface area contributed by atoms with E-state index in [-0.39, 0.29) is 5.56 Å². The maximum Gasteiger partial charge on any atom is 0.195 e. The number of carbonyl (C=O) groups is 1. The first kappa shape index (κ1) is 10.9. The Kier molecular flexibility index (Phi) is 2.78. The van der Waals surface area contributed by atoms with Crippen molar-refractivity contribution in [2.24, 2.45) is 0 Å². The van der Waals surface area contributed by atoms with Crippen molar-refractivity contribution in [2.45, 2.75) is 0 Å². The summed E-state index contributed by atoms with van der Waals surface area (Å²) in [5.41, 5.74) is 0.312. The Morgan fingerprint density at radius 3 is 2.50 bits per heavy atom. The average molecular weight is 242 g/mol. The molecular formula is C11H5F3OS. The first-order chi connectivity index (χ1) is 7.63. The second-order valence-electron chi connectivity index (χ2n) is 3.08. The van der Waals surface area contributed by atoms with E-state index < -0.39 is 17.5 Å². The number of aldehydes is 1. The summed E-state index contributed by atoms with van der Waals surface area (Å²) >= 11 is 1.11. The predicted octanol–water partition coefficient (Wildman–Crippen LogP) is 3.64. The highest BCUT2D eigenvalue weighted by Gasteiger charge is 2.15. The lowest BCUT2D eigenvalue weighted by Crippen LogP contribution is -1.92. The fraction of sp³-hybridized carbons (Fsp3) is 0. The molecule has 0 amide bonds. The minimum atomic E-state index is -1.50. The van der Waals surface area contributed by atoms with Crippen LogP contribution in [0.25, 0.3) is 11.1 Å². The highest BCUT2D eigenvalue weighted by molar-refractivity contribution is 7.12. The van der Waals surface area contributed by atoms with E-state index in [2.05, 4.69) is 0 Å². The van der Waals surface area contributed by atoms with Gasteiger partial charge in [0.1, 0.15) is 0 Å². The van der Waals surface area contributed by atoms with Gasteiger partial charge in [0, 0.05) is 5.56 Å². The van der Waals surface area contributed by atoms with E-state index in [0.29, 0.717) is 16.7 Å². The lowest BCUT2D eigenvalue weighted by atomic mass is 10.1. The fourth-order valence-electron chi connectivity index (χ4n) is 1.30. The van der Waals surface area contributed by atoms with Crippen LogP contribution in [0, 0.1) is 17.5 Å². The zero-order valence-electron chi connectivity index (χ0n) is 7.84. The lowest BCUT2D eigenvalue weighted by molar-refractivity contribution is 0.112. The van der Waals surface area contributed by atoms with Gasteiger partial charge in [0.25, 0.3) is 0 Å². The van der Waals surface area contributed by atoms with Crippen LogP contribution in [-0.4, -0.2) is 6.29 Å². The number of halogens is 3. The van der Waals surface area contributed by atoms with E-state index >= 15 is 0 Å². The van der Waals surface area contributed by atoms with Gasteiger partial charge in [-0.15, -0.1) is 11.3 Å². The Hall–Kier alpha value is -1.62. The lowest BCUT2D eigenvalue weighted by Gasteiger charge is -2.01. The van der Waals surface area contributed by atoms with Gasteiger partial charge < -0.3 is 0 Å². The molecule has 0 saturated heterocycles. The van der Waals surface area contributed by atoms with Crippen LogP contribution in [0.3, 0.4) is 0 Å². The van der Waals surface area contributed by atoms with Gasteiger partial charge in [-0.3, -0.25) is 4.79 Å². The van der Waals surface area contributed by atoms with Crippen molar-refractivity contribution >= 4 is 17.6 Å². The van der Waals surface area contributed by atoms with Crippen LogP contribution < -0.4 is 0 Å². The minimum absolute atomic E-state index is 0.0525. The van der Waals surface area contributed by atoms with E-state index in [1.54, 1.807) is 0 Å². The van der Waals surface area contributed by atoms with E-state index in [1.165, 1.54) is 11.4 Å². The Bertz CT molecular complexity index is 548. The standard InChI is InChI=1S/C11H5F3OS/c12-9-2-1-8(10(13)11(9)14)6-3-7(4-15)16-5-6/h1-5H. The second-order valence-corrected chi connectivity index (χ2v) is 4.02. The fourth-order valence-corrected chi connectivity index (χ4v) is 2.01. The van der Waals surface area contributed by atoms with Gasteiger partial charge in [0.05, 0.1) is 4.88 Å². The van der Waals surface area contributed by atoms with E-state index in [9.17, 15) is 18.0 Å². The summed E-state index contributed by atoms with van der Waals surface area (Å²) in [4.78, 5) is 10.8. The van der Waals surface area contributed by atoms with Crippen molar-refractivity contribution in [1.29, 1.82) is 0 Å². The summed E-state index contributed by atoms with van der Waals surface area (Å²) in [6, 6.07) is 3.42. The van der Waals surface area contributed by atoms with E-state index in [4.69, 9.17) is 0 Å². The van der Waals surface area contributed by atoms with Gasteiger partial charge in [0.15, 0.2) is 23.7 Å². The van der Waals surface area contributed by atoms with Crippen molar-refractivity contribution in [2.75, 3.05) is 0 Å². The Morgan fingerprint density at radius 2 is 1.88 bits per heavy atom. The molecule has 1 heterocycles. The maximum atomic E-state index is 13.4. The monoisotopic (exact) mass is 242 g/mol. The van der Waals surface area contributed by atoms with Gasteiger partial charge in [0.2, 0.25) is 0 Å². The molecule has 2 aromatic rings. The molecule has 0 saturated carbocycles. The minimum Gasteiger partial charge on any atom is -0.297 e. The number of carbonyl (C=O) groups excluding carboxylic acids is 1. The summed E-state index contributed by atoms with van der Waals surface area (Å²) in [6.07, 6.45) is 0.617. The van der Waals surface area contributed by atoms with Gasteiger partial charge in [-0.1, -0.05) is 0 Å². The molecule has 82 valence electrons. The average Bonchev–Trinajstić information content (AvgIpc) is 2.74. The summed E-state index contributed by atoms with van der Waals surface area (Å²) in [7, 11) is 0. The molecule has 0 aliphatic heterocycles. The first-order valence-electron chi connectivity index (χ1n) is 4.31. The molecule has 16 heavy (non-hydrogen) atoms. The van der Waals surface area contributed by atoms with Crippen molar-refractivity contribution in [1.82, 2.24) is 0 Å². The Balaban J connectivity index is 2.56. The quantitative estimate of drug-likeness (QED) is 0.580. The molecular weight excluding hydrogens is 237 g/mol. The molecule has 0 bridgehead atoms. The van der Waals surface area contributed by atoms with Crippen LogP contribution in [0.4, 0.5) is 13.2 Å².